The Morgan fingerprint density at radius 1 is 1.19 bits per heavy atom. The van der Waals surface area contributed by atoms with Gasteiger partial charge in [0.1, 0.15) is 18.5 Å². The Hall–Kier alpha value is -1.84. The summed E-state index contributed by atoms with van der Waals surface area (Å²) >= 11 is 0. The summed E-state index contributed by atoms with van der Waals surface area (Å²) in [5.41, 5.74) is 3.47. The van der Waals surface area contributed by atoms with Crippen molar-refractivity contribution in [1.82, 2.24) is 0 Å². The normalized spacial score (nSPS) is 18.9. The molecule has 1 heterocycles. The Morgan fingerprint density at radius 2 is 1.95 bits per heavy atom. The maximum atomic E-state index is 9.50. The lowest BCUT2D eigenvalue weighted by molar-refractivity contribution is 0.0102. The van der Waals surface area contributed by atoms with Gasteiger partial charge < -0.3 is 14.6 Å². The summed E-state index contributed by atoms with van der Waals surface area (Å²) in [6.45, 7) is 3.00. The Morgan fingerprint density at radius 3 is 2.71 bits per heavy atom. The second kappa shape index (κ2) is 6.29. The number of fused-ring (bicyclic) bond motifs is 1. The molecule has 110 valence electrons. The van der Waals surface area contributed by atoms with E-state index in [4.69, 9.17) is 9.47 Å². The number of rotatable bonds is 4. The summed E-state index contributed by atoms with van der Waals surface area (Å²) in [5.74, 6) is 0.797. The highest BCUT2D eigenvalue weighted by atomic mass is 16.5. The molecule has 2 aromatic carbocycles. The van der Waals surface area contributed by atoms with Gasteiger partial charge >= 0.3 is 0 Å². The van der Waals surface area contributed by atoms with E-state index in [-0.39, 0.29) is 6.10 Å². The Balaban J connectivity index is 1.66. The summed E-state index contributed by atoms with van der Waals surface area (Å²) < 4.78 is 11.7. The van der Waals surface area contributed by atoms with Crippen molar-refractivity contribution >= 4 is 0 Å². The van der Waals surface area contributed by atoms with Crippen LogP contribution in [0.3, 0.4) is 0 Å². The van der Waals surface area contributed by atoms with Gasteiger partial charge in [-0.1, -0.05) is 36.4 Å². The molecule has 3 nitrogen and oxygen atoms in total. The van der Waals surface area contributed by atoms with Gasteiger partial charge in [0.2, 0.25) is 0 Å². The number of hydrogen-bond acceptors (Lipinski definition) is 3. The van der Waals surface area contributed by atoms with E-state index in [1.54, 1.807) is 6.92 Å². The monoisotopic (exact) mass is 284 g/mol. The number of aliphatic hydroxyl groups is 1. The second-order valence-electron chi connectivity index (χ2n) is 5.36. The van der Waals surface area contributed by atoms with Gasteiger partial charge in [0.05, 0.1) is 12.7 Å². The fourth-order valence-electron chi connectivity index (χ4n) is 2.63. The standard InChI is InChI=1S/C18H20O3/c1-13(19)14-6-8-16(9-7-14)21-12-18-17-5-3-2-4-15(17)10-11-20-18/h2-9,13,18-19H,10-12H2,1H3/t13-,18?/m0/s1. The molecular weight excluding hydrogens is 264 g/mol. The van der Waals surface area contributed by atoms with E-state index >= 15 is 0 Å². The van der Waals surface area contributed by atoms with Gasteiger partial charge in [-0.3, -0.25) is 0 Å². The van der Waals surface area contributed by atoms with Gasteiger partial charge in [-0.05, 0) is 42.2 Å². The smallest absolute Gasteiger partial charge is 0.119 e. The number of ether oxygens (including phenoxy) is 2. The van der Waals surface area contributed by atoms with E-state index in [1.807, 2.05) is 30.3 Å². The highest BCUT2D eigenvalue weighted by Crippen LogP contribution is 2.28. The van der Waals surface area contributed by atoms with Gasteiger partial charge in [-0.2, -0.15) is 0 Å². The van der Waals surface area contributed by atoms with Gasteiger partial charge in [-0.15, -0.1) is 0 Å². The van der Waals surface area contributed by atoms with E-state index in [1.165, 1.54) is 11.1 Å². The van der Waals surface area contributed by atoms with E-state index < -0.39 is 6.10 Å². The average Bonchev–Trinajstić information content (AvgIpc) is 2.53. The van der Waals surface area contributed by atoms with Crippen molar-refractivity contribution in [2.75, 3.05) is 13.2 Å². The maximum Gasteiger partial charge on any atom is 0.119 e. The topological polar surface area (TPSA) is 38.7 Å². The molecule has 1 N–H and O–H groups in total. The van der Waals surface area contributed by atoms with Crippen molar-refractivity contribution in [3.63, 3.8) is 0 Å². The first kappa shape index (κ1) is 14.1. The van der Waals surface area contributed by atoms with Gasteiger partial charge in [0.25, 0.3) is 0 Å². The highest BCUT2D eigenvalue weighted by Gasteiger charge is 2.20. The van der Waals surface area contributed by atoms with Crippen LogP contribution in [0.1, 0.15) is 35.8 Å². The van der Waals surface area contributed by atoms with Crippen LogP contribution >= 0.6 is 0 Å². The number of benzene rings is 2. The van der Waals surface area contributed by atoms with Crippen LogP contribution in [0.5, 0.6) is 5.75 Å². The van der Waals surface area contributed by atoms with Crippen LogP contribution in [-0.4, -0.2) is 18.3 Å². The van der Waals surface area contributed by atoms with E-state index in [9.17, 15) is 5.11 Å². The molecule has 21 heavy (non-hydrogen) atoms. The second-order valence-corrected chi connectivity index (χ2v) is 5.36. The molecule has 1 aliphatic rings. The molecule has 2 atom stereocenters. The molecule has 0 radical (unpaired) electrons. The van der Waals surface area contributed by atoms with Crippen molar-refractivity contribution in [3.05, 3.63) is 65.2 Å². The zero-order chi connectivity index (χ0) is 14.7. The van der Waals surface area contributed by atoms with Gasteiger partial charge in [0, 0.05) is 0 Å². The molecule has 0 saturated heterocycles. The lowest BCUT2D eigenvalue weighted by Crippen LogP contribution is -2.21. The highest BCUT2D eigenvalue weighted by molar-refractivity contribution is 5.32. The van der Waals surface area contributed by atoms with Crippen LogP contribution in [0.25, 0.3) is 0 Å². The molecule has 1 aliphatic heterocycles. The van der Waals surface area contributed by atoms with Crippen LogP contribution in [-0.2, 0) is 11.2 Å². The van der Waals surface area contributed by atoms with Gasteiger partial charge in [0.15, 0.2) is 0 Å². The third kappa shape index (κ3) is 3.26. The average molecular weight is 284 g/mol. The van der Waals surface area contributed by atoms with E-state index in [0.29, 0.717) is 6.61 Å². The molecule has 0 spiro atoms. The molecule has 1 unspecified atom stereocenters. The first-order valence-corrected chi connectivity index (χ1v) is 7.34. The van der Waals surface area contributed by atoms with E-state index in [2.05, 4.69) is 18.2 Å². The molecule has 0 fully saturated rings. The lowest BCUT2D eigenvalue weighted by Gasteiger charge is -2.26. The molecule has 2 aromatic rings. The van der Waals surface area contributed by atoms with Crippen molar-refractivity contribution in [3.8, 4) is 5.75 Å². The minimum atomic E-state index is -0.451. The Labute approximate surface area is 125 Å². The van der Waals surface area contributed by atoms with Gasteiger partial charge in [-0.25, -0.2) is 0 Å². The summed E-state index contributed by atoms with van der Waals surface area (Å²) in [7, 11) is 0. The summed E-state index contributed by atoms with van der Waals surface area (Å²) in [5, 5.41) is 9.50. The van der Waals surface area contributed by atoms with E-state index in [0.717, 1.165) is 24.3 Å². The summed E-state index contributed by atoms with van der Waals surface area (Å²) in [4.78, 5) is 0. The largest absolute Gasteiger partial charge is 0.491 e. The van der Waals surface area contributed by atoms with Crippen molar-refractivity contribution < 1.29 is 14.6 Å². The third-order valence-electron chi connectivity index (χ3n) is 3.86. The molecule has 0 aromatic heterocycles. The van der Waals surface area contributed by atoms with Crippen LogP contribution in [0.15, 0.2) is 48.5 Å². The predicted molar refractivity (Wildman–Crippen MR) is 81.4 cm³/mol. The first-order chi connectivity index (χ1) is 10.2. The summed E-state index contributed by atoms with van der Waals surface area (Å²) in [6, 6.07) is 15.9. The zero-order valence-electron chi connectivity index (χ0n) is 12.2. The van der Waals surface area contributed by atoms with Crippen LogP contribution < -0.4 is 4.74 Å². The number of aliphatic hydroxyl groups excluding tert-OH is 1. The molecule has 0 saturated carbocycles. The molecule has 0 bridgehead atoms. The molecule has 3 heteroatoms. The summed E-state index contributed by atoms with van der Waals surface area (Å²) in [6.07, 6.45) is 0.509. The first-order valence-electron chi connectivity index (χ1n) is 7.34. The minimum absolute atomic E-state index is 0.00797. The fraction of sp³-hybridized carbons (Fsp3) is 0.333. The van der Waals surface area contributed by atoms with Crippen LogP contribution in [0.4, 0.5) is 0 Å². The predicted octanol–water partition coefficient (Wildman–Crippen LogP) is 3.43. The maximum absolute atomic E-state index is 9.50. The van der Waals surface area contributed by atoms with Crippen LogP contribution in [0.2, 0.25) is 0 Å². The fourth-order valence-corrected chi connectivity index (χ4v) is 2.63. The lowest BCUT2D eigenvalue weighted by atomic mass is 9.98. The molecule has 0 aliphatic carbocycles. The molecule has 3 rings (SSSR count). The van der Waals surface area contributed by atoms with Crippen molar-refractivity contribution in [2.45, 2.75) is 25.6 Å². The Bertz CT molecular complexity index is 590. The number of hydrogen-bond donors (Lipinski definition) is 1. The van der Waals surface area contributed by atoms with Crippen LogP contribution in [0, 0.1) is 0 Å². The van der Waals surface area contributed by atoms with Crippen molar-refractivity contribution in [1.29, 1.82) is 0 Å². The zero-order valence-corrected chi connectivity index (χ0v) is 12.2. The van der Waals surface area contributed by atoms with Crippen molar-refractivity contribution in [2.24, 2.45) is 0 Å². The molecular formula is C18H20O3. The quantitative estimate of drug-likeness (QED) is 0.934. The Kier molecular flexibility index (Phi) is 4.23. The minimum Gasteiger partial charge on any atom is -0.491 e. The SMILES string of the molecule is C[C@H](O)c1ccc(OCC2OCCc3ccccc32)cc1. The third-order valence-corrected chi connectivity index (χ3v) is 3.86. The molecule has 0 amide bonds.